The molecule has 0 fully saturated rings. The summed E-state index contributed by atoms with van der Waals surface area (Å²) in [4.78, 5) is 30.5. The summed E-state index contributed by atoms with van der Waals surface area (Å²) in [6.45, 7) is 3.62. The van der Waals surface area contributed by atoms with Crippen LogP contribution in [-0.4, -0.2) is 32.0 Å². The van der Waals surface area contributed by atoms with E-state index in [4.69, 9.17) is 0 Å². The third kappa shape index (κ3) is 4.80. The molecule has 0 unspecified atom stereocenters. The van der Waals surface area contributed by atoms with Crippen molar-refractivity contribution in [1.29, 1.82) is 0 Å². The Labute approximate surface area is 194 Å². The first kappa shape index (κ1) is 22.3. The van der Waals surface area contributed by atoms with Crippen LogP contribution in [0.4, 0.5) is 0 Å². The number of nitrogens with zero attached hydrogens (tertiary/aromatic N) is 3. The van der Waals surface area contributed by atoms with Gasteiger partial charge in [-0.15, -0.1) is 0 Å². The molecule has 0 spiro atoms. The van der Waals surface area contributed by atoms with Crippen LogP contribution in [0.25, 0.3) is 16.6 Å². The molecule has 0 aliphatic rings. The lowest BCUT2D eigenvalue weighted by Gasteiger charge is -2.14. The van der Waals surface area contributed by atoms with Gasteiger partial charge in [0, 0.05) is 5.56 Å². The minimum absolute atomic E-state index is 0.00815. The van der Waals surface area contributed by atoms with Gasteiger partial charge in [0.25, 0.3) is 11.5 Å². The molecule has 4 aromatic rings. The predicted octanol–water partition coefficient (Wildman–Crippen LogP) is 4.03. The van der Waals surface area contributed by atoms with Crippen LogP contribution in [0.2, 0.25) is 0 Å². The fourth-order valence-corrected chi connectivity index (χ4v) is 4.18. The molecule has 0 saturated carbocycles. The van der Waals surface area contributed by atoms with Gasteiger partial charge in [-0.05, 0) is 49.7 Å². The maximum Gasteiger partial charge on any atom is 0.266 e. The molecule has 8 heteroatoms. The van der Waals surface area contributed by atoms with Gasteiger partial charge in [0.2, 0.25) is 0 Å². The molecule has 1 heterocycles. The summed E-state index contributed by atoms with van der Waals surface area (Å²) in [7, 11) is 0. The first-order chi connectivity index (χ1) is 16.0. The number of aryl methyl sites for hydroxylation is 1. The normalized spacial score (nSPS) is 11.5. The second-order valence-corrected chi connectivity index (χ2v) is 8.32. The van der Waals surface area contributed by atoms with Crippen LogP contribution in [0.1, 0.15) is 18.1 Å². The van der Waals surface area contributed by atoms with E-state index in [0.717, 1.165) is 23.0 Å². The van der Waals surface area contributed by atoms with Crippen molar-refractivity contribution in [3.8, 4) is 11.4 Å². The molecule has 1 aromatic heterocycles. The molecule has 2 N–H and O–H groups in total. The van der Waals surface area contributed by atoms with Crippen molar-refractivity contribution < 1.29 is 9.90 Å². The third-order valence-corrected chi connectivity index (χ3v) is 6.01. The van der Waals surface area contributed by atoms with Crippen molar-refractivity contribution >= 4 is 34.3 Å². The van der Waals surface area contributed by atoms with Crippen molar-refractivity contribution in [3.63, 3.8) is 0 Å². The van der Waals surface area contributed by atoms with Crippen molar-refractivity contribution in [2.75, 3.05) is 5.75 Å². The van der Waals surface area contributed by atoms with Crippen LogP contribution in [0.5, 0.6) is 5.75 Å². The van der Waals surface area contributed by atoms with Gasteiger partial charge in [0.1, 0.15) is 5.75 Å². The van der Waals surface area contributed by atoms with Crippen LogP contribution in [0, 0.1) is 6.92 Å². The van der Waals surface area contributed by atoms with Gasteiger partial charge in [-0.25, -0.2) is 10.4 Å². The Kier molecular flexibility index (Phi) is 6.55. The van der Waals surface area contributed by atoms with Crippen LogP contribution in [0.3, 0.4) is 0 Å². The number of aromatic nitrogens is 2. The summed E-state index contributed by atoms with van der Waals surface area (Å²) in [5.41, 5.74) is 5.54. The Balaban J connectivity index is 1.61. The number of nitrogens with one attached hydrogen (secondary N) is 1. The molecular formula is C25H22N4O3S. The minimum Gasteiger partial charge on any atom is -0.507 e. The van der Waals surface area contributed by atoms with E-state index in [1.54, 1.807) is 54.0 Å². The number of hydrogen-bond acceptors (Lipinski definition) is 6. The van der Waals surface area contributed by atoms with E-state index in [-0.39, 0.29) is 23.0 Å². The molecule has 0 aliphatic heterocycles. The number of amides is 1. The van der Waals surface area contributed by atoms with Crippen molar-refractivity contribution in [2.24, 2.45) is 5.10 Å². The molecule has 0 bridgehead atoms. The van der Waals surface area contributed by atoms with E-state index in [2.05, 4.69) is 15.5 Å². The van der Waals surface area contributed by atoms with Gasteiger partial charge < -0.3 is 5.11 Å². The lowest BCUT2D eigenvalue weighted by atomic mass is 10.1. The second-order valence-electron chi connectivity index (χ2n) is 7.38. The van der Waals surface area contributed by atoms with Gasteiger partial charge in [0.15, 0.2) is 5.16 Å². The van der Waals surface area contributed by atoms with E-state index in [9.17, 15) is 14.7 Å². The highest BCUT2D eigenvalue weighted by molar-refractivity contribution is 7.99. The summed E-state index contributed by atoms with van der Waals surface area (Å²) in [5.74, 6) is -0.257. The van der Waals surface area contributed by atoms with E-state index < -0.39 is 0 Å². The Morgan fingerprint density at radius 3 is 2.55 bits per heavy atom. The van der Waals surface area contributed by atoms with E-state index in [0.29, 0.717) is 27.3 Å². The number of phenolic OH excluding ortho intramolecular Hbond substituents is 1. The zero-order valence-corrected chi connectivity index (χ0v) is 19.0. The number of thioether (sulfide) groups is 1. The molecule has 0 aliphatic carbocycles. The SMILES string of the molecule is C/C(=N\NC(=O)CSc1nc2ccccc2c(=O)n1-c1ccccc1C)c1ccccc1O. The average molecular weight is 459 g/mol. The fourth-order valence-electron chi connectivity index (χ4n) is 3.38. The van der Waals surface area contributed by atoms with Gasteiger partial charge in [-0.3, -0.25) is 14.2 Å². The topological polar surface area (TPSA) is 96.6 Å². The van der Waals surface area contributed by atoms with Crippen molar-refractivity contribution in [2.45, 2.75) is 19.0 Å². The molecule has 4 rings (SSSR count). The molecule has 0 radical (unpaired) electrons. The number of carbonyl (C=O) groups excluding carboxylic acids is 1. The number of carbonyl (C=O) groups is 1. The molecule has 3 aromatic carbocycles. The number of fused-ring (bicyclic) bond motifs is 1. The number of benzene rings is 3. The number of rotatable bonds is 6. The molecule has 1 amide bonds. The molecule has 0 atom stereocenters. The number of hydrazone groups is 1. The first-order valence-corrected chi connectivity index (χ1v) is 11.3. The largest absolute Gasteiger partial charge is 0.507 e. The number of aromatic hydroxyl groups is 1. The van der Waals surface area contributed by atoms with Crippen molar-refractivity contribution in [3.05, 3.63) is 94.3 Å². The quantitative estimate of drug-likeness (QED) is 0.197. The lowest BCUT2D eigenvalue weighted by Crippen LogP contribution is -2.25. The lowest BCUT2D eigenvalue weighted by molar-refractivity contribution is -0.118. The predicted molar refractivity (Wildman–Crippen MR) is 131 cm³/mol. The monoisotopic (exact) mass is 458 g/mol. The average Bonchev–Trinajstić information content (AvgIpc) is 2.82. The zero-order valence-electron chi connectivity index (χ0n) is 18.1. The van der Waals surface area contributed by atoms with E-state index in [1.165, 1.54) is 0 Å². The van der Waals surface area contributed by atoms with Crippen LogP contribution >= 0.6 is 11.8 Å². The van der Waals surface area contributed by atoms with Gasteiger partial charge in [-0.1, -0.05) is 54.2 Å². The Morgan fingerprint density at radius 2 is 1.76 bits per heavy atom. The number of hydrogen-bond donors (Lipinski definition) is 2. The molecule has 33 heavy (non-hydrogen) atoms. The smallest absolute Gasteiger partial charge is 0.266 e. The van der Waals surface area contributed by atoms with Crippen LogP contribution in [-0.2, 0) is 4.79 Å². The third-order valence-electron chi connectivity index (χ3n) is 5.08. The highest BCUT2D eigenvalue weighted by atomic mass is 32.2. The van der Waals surface area contributed by atoms with E-state index in [1.807, 2.05) is 37.3 Å². The highest BCUT2D eigenvalue weighted by Crippen LogP contribution is 2.23. The fraction of sp³-hybridized carbons (Fsp3) is 0.120. The Morgan fingerprint density at radius 1 is 1.06 bits per heavy atom. The van der Waals surface area contributed by atoms with Gasteiger partial charge >= 0.3 is 0 Å². The second kappa shape index (κ2) is 9.70. The first-order valence-electron chi connectivity index (χ1n) is 10.3. The maximum atomic E-state index is 13.3. The van der Waals surface area contributed by atoms with E-state index >= 15 is 0 Å². The Hall–Kier alpha value is -3.91. The van der Waals surface area contributed by atoms with Crippen molar-refractivity contribution in [1.82, 2.24) is 15.0 Å². The summed E-state index contributed by atoms with van der Waals surface area (Å²) < 4.78 is 1.55. The van der Waals surface area contributed by atoms with Gasteiger partial charge in [0.05, 0.1) is 28.1 Å². The zero-order chi connectivity index (χ0) is 23.4. The number of para-hydroxylation sites is 3. The summed E-state index contributed by atoms with van der Waals surface area (Å²) in [6.07, 6.45) is 0. The molecule has 166 valence electrons. The number of phenols is 1. The molecule has 0 saturated heterocycles. The summed E-state index contributed by atoms with van der Waals surface area (Å²) >= 11 is 1.16. The van der Waals surface area contributed by atoms with Gasteiger partial charge in [-0.2, -0.15) is 5.10 Å². The summed E-state index contributed by atoms with van der Waals surface area (Å²) in [6, 6.07) is 21.5. The Bertz CT molecular complexity index is 1430. The van der Waals surface area contributed by atoms with Crippen LogP contribution < -0.4 is 11.0 Å². The standard InChI is InChI=1S/C25H22N4O3S/c1-16-9-3-7-13-21(16)29-24(32)19-11-4-6-12-20(19)26-25(29)33-15-23(31)28-27-17(2)18-10-5-8-14-22(18)30/h3-14,30H,15H2,1-2H3,(H,28,31)/b27-17+. The van der Waals surface area contributed by atoms with Crippen LogP contribution in [0.15, 0.2) is 87.8 Å². The maximum absolute atomic E-state index is 13.3. The highest BCUT2D eigenvalue weighted by Gasteiger charge is 2.16. The molecule has 7 nitrogen and oxygen atoms in total. The minimum atomic E-state index is -0.353. The summed E-state index contributed by atoms with van der Waals surface area (Å²) in [5, 5.41) is 15.0. The molecular weight excluding hydrogens is 436 g/mol.